The number of carboxylic acids is 1. The third-order valence-corrected chi connectivity index (χ3v) is 4.14. The van der Waals surface area contributed by atoms with Gasteiger partial charge in [0.05, 0.1) is 11.4 Å². The summed E-state index contributed by atoms with van der Waals surface area (Å²) in [5, 5.41) is 8.98. The van der Waals surface area contributed by atoms with E-state index in [0.717, 1.165) is 0 Å². The van der Waals surface area contributed by atoms with Crippen molar-refractivity contribution < 1.29 is 23.1 Å². The Hall–Kier alpha value is -0.660. The highest BCUT2D eigenvalue weighted by molar-refractivity contribution is 7.89. The first-order chi connectivity index (χ1) is 7.99. The molecule has 6 nitrogen and oxygen atoms in total. The van der Waals surface area contributed by atoms with E-state index < -0.39 is 27.6 Å². The van der Waals surface area contributed by atoms with E-state index in [0.29, 0.717) is 0 Å². The van der Waals surface area contributed by atoms with Crippen LogP contribution in [0.25, 0.3) is 0 Å². The molecular weight excluding hydrogens is 258 g/mol. The van der Waals surface area contributed by atoms with Crippen molar-refractivity contribution in [2.75, 3.05) is 12.9 Å². The molecule has 0 fully saturated rings. The van der Waals surface area contributed by atoms with Gasteiger partial charge in [0.2, 0.25) is 10.0 Å². The van der Waals surface area contributed by atoms with E-state index in [1.54, 1.807) is 13.8 Å². The van der Waals surface area contributed by atoms with Crippen LogP contribution in [0.2, 0.25) is 0 Å². The molecule has 0 aromatic rings. The molecule has 0 unspecified atom stereocenters. The molecule has 0 radical (unpaired) electrons. The van der Waals surface area contributed by atoms with E-state index in [4.69, 9.17) is 9.84 Å². The number of nitrogens with one attached hydrogen (secondary N) is 1. The largest absolute Gasteiger partial charge is 0.480 e. The summed E-state index contributed by atoms with van der Waals surface area (Å²) < 4.78 is 30.9. The smallest absolute Gasteiger partial charge is 0.321 e. The molecule has 0 aromatic carbocycles. The normalized spacial score (nSPS) is 14.8. The summed E-state index contributed by atoms with van der Waals surface area (Å²) in [5.41, 5.74) is -0.854. The Morgan fingerprint density at radius 2 is 1.89 bits per heavy atom. The molecule has 18 heavy (non-hydrogen) atoms. The molecule has 108 valence electrons. The SMILES string of the molecule is COC(C)(C)CS(=O)(=O)N[C@@H](CC(C)C)C(=O)O. The lowest BCUT2D eigenvalue weighted by Gasteiger charge is -2.24. The Morgan fingerprint density at radius 1 is 1.39 bits per heavy atom. The van der Waals surface area contributed by atoms with Gasteiger partial charge in [0, 0.05) is 7.11 Å². The molecule has 0 aromatic heterocycles. The molecule has 1 atom stereocenters. The molecule has 7 heteroatoms. The highest BCUT2D eigenvalue weighted by Gasteiger charge is 2.30. The topological polar surface area (TPSA) is 92.7 Å². The summed E-state index contributed by atoms with van der Waals surface area (Å²) >= 11 is 0. The van der Waals surface area contributed by atoms with Crippen molar-refractivity contribution in [3.8, 4) is 0 Å². The minimum absolute atomic E-state index is 0.0873. The third-order valence-electron chi connectivity index (χ3n) is 2.42. The monoisotopic (exact) mass is 281 g/mol. The van der Waals surface area contributed by atoms with Gasteiger partial charge in [-0.15, -0.1) is 0 Å². The van der Waals surface area contributed by atoms with Gasteiger partial charge < -0.3 is 9.84 Å². The lowest BCUT2D eigenvalue weighted by atomic mass is 10.1. The summed E-state index contributed by atoms with van der Waals surface area (Å²) in [6, 6.07) is -1.09. The molecule has 0 bridgehead atoms. The molecule has 0 aliphatic heterocycles. The Morgan fingerprint density at radius 3 is 2.22 bits per heavy atom. The average Bonchev–Trinajstić information content (AvgIpc) is 2.13. The highest BCUT2D eigenvalue weighted by Crippen LogP contribution is 2.12. The summed E-state index contributed by atoms with van der Waals surface area (Å²) in [5.74, 6) is -1.36. The zero-order chi connectivity index (χ0) is 14.6. The van der Waals surface area contributed by atoms with Gasteiger partial charge in [0.15, 0.2) is 0 Å². The number of sulfonamides is 1. The summed E-state index contributed by atoms with van der Waals surface area (Å²) in [7, 11) is -2.28. The van der Waals surface area contributed by atoms with E-state index in [1.165, 1.54) is 7.11 Å². The number of hydrogen-bond acceptors (Lipinski definition) is 4. The van der Waals surface area contributed by atoms with Crippen molar-refractivity contribution in [1.29, 1.82) is 0 Å². The maximum atomic E-state index is 11.8. The quantitative estimate of drug-likeness (QED) is 0.687. The second-order valence-electron chi connectivity index (χ2n) is 5.36. The zero-order valence-electron chi connectivity index (χ0n) is 11.6. The minimum Gasteiger partial charge on any atom is -0.480 e. The van der Waals surface area contributed by atoms with Crippen LogP contribution in [0.15, 0.2) is 0 Å². The van der Waals surface area contributed by atoms with Crippen LogP contribution in [0.5, 0.6) is 0 Å². The van der Waals surface area contributed by atoms with Crippen molar-refractivity contribution in [1.82, 2.24) is 4.72 Å². The maximum absolute atomic E-state index is 11.8. The van der Waals surface area contributed by atoms with Gasteiger partial charge in [-0.2, -0.15) is 0 Å². The third kappa shape index (κ3) is 6.93. The fourth-order valence-corrected chi connectivity index (χ4v) is 3.19. The predicted octanol–water partition coefficient (Wildman–Crippen LogP) is 0.830. The van der Waals surface area contributed by atoms with Crippen molar-refractivity contribution in [3.05, 3.63) is 0 Å². The van der Waals surface area contributed by atoms with E-state index in [9.17, 15) is 13.2 Å². The van der Waals surface area contributed by atoms with E-state index >= 15 is 0 Å². The molecule has 0 amide bonds. The van der Waals surface area contributed by atoms with Gasteiger partial charge in [-0.1, -0.05) is 13.8 Å². The van der Waals surface area contributed by atoms with Crippen LogP contribution >= 0.6 is 0 Å². The number of methoxy groups -OCH3 is 1. The first-order valence-electron chi connectivity index (χ1n) is 5.77. The summed E-state index contributed by atoms with van der Waals surface area (Å²) in [6.07, 6.45) is 0.252. The molecule has 0 spiro atoms. The molecular formula is C11H23NO5S. The molecule has 0 saturated heterocycles. The predicted molar refractivity (Wildman–Crippen MR) is 68.9 cm³/mol. The minimum atomic E-state index is -3.70. The maximum Gasteiger partial charge on any atom is 0.321 e. The summed E-state index contributed by atoms with van der Waals surface area (Å²) in [6.45, 7) is 6.93. The van der Waals surface area contributed by atoms with Gasteiger partial charge in [0.1, 0.15) is 6.04 Å². The number of rotatable bonds is 8. The number of aliphatic carboxylic acids is 1. The molecule has 0 rings (SSSR count). The number of ether oxygens (including phenoxy) is 1. The van der Waals surface area contributed by atoms with E-state index in [2.05, 4.69) is 4.72 Å². The lowest BCUT2D eigenvalue weighted by molar-refractivity contribution is -0.139. The highest BCUT2D eigenvalue weighted by atomic mass is 32.2. The van der Waals surface area contributed by atoms with Crippen LogP contribution in [0.4, 0.5) is 0 Å². The average molecular weight is 281 g/mol. The molecule has 0 saturated carbocycles. The Kier molecular flexibility index (Phi) is 6.25. The zero-order valence-corrected chi connectivity index (χ0v) is 12.4. The van der Waals surface area contributed by atoms with E-state index in [-0.39, 0.29) is 18.1 Å². The van der Waals surface area contributed by atoms with Crippen LogP contribution in [-0.4, -0.2) is 44.0 Å². The number of hydrogen-bond donors (Lipinski definition) is 2. The molecule has 0 aliphatic rings. The Balaban J connectivity index is 4.77. The first-order valence-corrected chi connectivity index (χ1v) is 7.42. The van der Waals surface area contributed by atoms with Crippen molar-refractivity contribution in [3.63, 3.8) is 0 Å². The van der Waals surface area contributed by atoms with Gasteiger partial charge >= 0.3 is 5.97 Å². The number of carboxylic acid groups (broad SMARTS) is 1. The van der Waals surface area contributed by atoms with Crippen molar-refractivity contribution >= 4 is 16.0 Å². The first kappa shape index (κ1) is 17.3. The van der Waals surface area contributed by atoms with Crippen LogP contribution < -0.4 is 4.72 Å². The van der Waals surface area contributed by atoms with Gasteiger partial charge in [-0.3, -0.25) is 4.79 Å². The van der Waals surface area contributed by atoms with Crippen molar-refractivity contribution in [2.24, 2.45) is 5.92 Å². The Labute approximate surface area is 109 Å². The fourth-order valence-electron chi connectivity index (χ4n) is 1.45. The number of carbonyl (C=O) groups is 1. The van der Waals surface area contributed by atoms with Crippen LogP contribution in [0.1, 0.15) is 34.1 Å². The molecule has 0 heterocycles. The van der Waals surface area contributed by atoms with Crippen LogP contribution in [-0.2, 0) is 19.6 Å². The fraction of sp³-hybridized carbons (Fsp3) is 0.909. The Bertz CT molecular complexity index is 375. The van der Waals surface area contributed by atoms with E-state index in [1.807, 2.05) is 13.8 Å². The second-order valence-corrected chi connectivity index (χ2v) is 7.11. The standard InChI is InChI=1S/C11H23NO5S/c1-8(2)6-9(10(13)14)12-18(15,16)7-11(3,4)17-5/h8-9,12H,6-7H2,1-5H3,(H,13,14)/t9-/m0/s1. The summed E-state index contributed by atoms with van der Waals surface area (Å²) in [4.78, 5) is 11.0. The second kappa shape index (κ2) is 6.49. The lowest BCUT2D eigenvalue weighted by Crippen LogP contribution is -2.46. The van der Waals surface area contributed by atoms with Gasteiger partial charge in [0.25, 0.3) is 0 Å². The molecule has 2 N–H and O–H groups in total. The van der Waals surface area contributed by atoms with Crippen LogP contribution in [0, 0.1) is 5.92 Å². The van der Waals surface area contributed by atoms with Crippen molar-refractivity contribution in [2.45, 2.75) is 45.8 Å². The van der Waals surface area contributed by atoms with Gasteiger partial charge in [-0.05, 0) is 26.2 Å². The van der Waals surface area contributed by atoms with Gasteiger partial charge in [-0.25, -0.2) is 13.1 Å². The van der Waals surface area contributed by atoms with Crippen LogP contribution in [0.3, 0.4) is 0 Å². The molecule has 0 aliphatic carbocycles.